The van der Waals surface area contributed by atoms with E-state index in [1.165, 1.54) is 0 Å². The number of carbonyl (C=O) groups excluding carboxylic acids is 1. The van der Waals surface area contributed by atoms with Crippen molar-refractivity contribution in [2.24, 2.45) is 0 Å². The van der Waals surface area contributed by atoms with Gasteiger partial charge < -0.3 is 15.2 Å². The van der Waals surface area contributed by atoms with Crippen molar-refractivity contribution >= 4 is 11.6 Å². The molecule has 1 aromatic carbocycles. The van der Waals surface area contributed by atoms with Crippen LogP contribution in [0.1, 0.15) is 22.6 Å². The largest absolute Gasteiger partial charge is 0.361 e. The maximum absolute atomic E-state index is 14.4. The average Bonchev–Trinajstić information content (AvgIpc) is 2.87. The number of hydrogen-bond acceptors (Lipinski definition) is 4. The standard InChI is InChI=1S/C15H16FN3O2/c1-9-6-11(19-21-9)7-14(20)18-13-3-2-10-8-17-5-4-12(10)15(13)16/h2-3,6,17H,4-5,7-8H2,1H3,(H,18,20). The number of carbonyl (C=O) groups is 1. The van der Waals surface area contributed by atoms with E-state index in [1.807, 2.05) is 6.07 Å². The number of benzene rings is 1. The summed E-state index contributed by atoms with van der Waals surface area (Å²) in [5, 5.41) is 9.54. The van der Waals surface area contributed by atoms with Crippen molar-refractivity contribution < 1.29 is 13.7 Å². The summed E-state index contributed by atoms with van der Waals surface area (Å²) in [6.07, 6.45) is 0.697. The van der Waals surface area contributed by atoms with Gasteiger partial charge in [-0.3, -0.25) is 4.79 Å². The maximum atomic E-state index is 14.4. The van der Waals surface area contributed by atoms with Crippen LogP contribution in [0.4, 0.5) is 10.1 Å². The molecule has 0 atom stereocenters. The number of aryl methyl sites for hydroxylation is 1. The number of nitrogens with zero attached hydrogens (tertiary/aromatic N) is 1. The Hall–Kier alpha value is -2.21. The number of anilines is 1. The molecule has 6 heteroatoms. The Morgan fingerprint density at radius 1 is 1.52 bits per heavy atom. The normalized spacial score (nSPS) is 13.8. The fourth-order valence-electron chi connectivity index (χ4n) is 2.49. The Morgan fingerprint density at radius 2 is 2.38 bits per heavy atom. The van der Waals surface area contributed by atoms with Crippen molar-refractivity contribution in [3.63, 3.8) is 0 Å². The van der Waals surface area contributed by atoms with Crippen LogP contribution in [0.3, 0.4) is 0 Å². The molecule has 1 amide bonds. The topological polar surface area (TPSA) is 67.2 Å². The SMILES string of the molecule is Cc1cc(CC(=O)Nc2ccc3c(c2F)CCNC3)no1. The second-order valence-electron chi connectivity index (χ2n) is 5.15. The molecule has 0 unspecified atom stereocenters. The summed E-state index contributed by atoms with van der Waals surface area (Å²) in [6.45, 7) is 3.17. The highest BCUT2D eigenvalue weighted by Gasteiger charge is 2.18. The van der Waals surface area contributed by atoms with Gasteiger partial charge >= 0.3 is 0 Å². The fraction of sp³-hybridized carbons (Fsp3) is 0.333. The van der Waals surface area contributed by atoms with Gasteiger partial charge in [-0.25, -0.2) is 4.39 Å². The highest BCUT2D eigenvalue weighted by Crippen LogP contribution is 2.24. The van der Waals surface area contributed by atoms with Gasteiger partial charge in [0.05, 0.1) is 17.8 Å². The Balaban J connectivity index is 1.74. The molecule has 0 radical (unpaired) electrons. The zero-order valence-electron chi connectivity index (χ0n) is 11.7. The molecule has 3 rings (SSSR count). The molecule has 1 aromatic heterocycles. The van der Waals surface area contributed by atoms with Crippen molar-refractivity contribution in [3.05, 3.63) is 46.6 Å². The number of halogens is 1. The van der Waals surface area contributed by atoms with E-state index in [-0.39, 0.29) is 23.8 Å². The smallest absolute Gasteiger partial charge is 0.230 e. The summed E-state index contributed by atoms with van der Waals surface area (Å²) >= 11 is 0. The molecule has 5 nitrogen and oxygen atoms in total. The Morgan fingerprint density at radius 3 is 3.14 bits per heavy atom. The zero-order chi connectivity index (χ0) is 14.8. The predicted molar refractivity (Wildman–Crippen MR) is 75.4 cm³/mol. The van der Waals surface area contributed by atoms with Crippen LogP contribution in [0.5, 0.6) is 0 Å². The van der Waals surface area contributed by atoms with Crippen molar-refractivity contribution in [2.75, 3.05) is 11.9 Å². The maximum Gasteiger partial charge on any atom is 0.230 e. The molecule has 2 N–H and O–H groups in total. The molecule has 0 aliphatic carbocycles. The molecule has 2 heterocycles. The van der Waals surface area contributed by atoms with Gasteiger partial charge in [-0.15, -0.1) is 0 Å². The quantitative estimate of drug-likeness (QED) is 0.906. The van der Waals surface area contributed by atoms with Gasteiger partial charge in [-0.2, -0.15) is 0 Å². The van der Waals surface area contributed by atoms with Gasteiger partial charge in [-0.1, -0.05) is 11.2 Å². The van der Waals surface area contributed by atoms with E-state index in [0.717, 1.165) is 12.1 Å². The van der Waals surface area contributed by atoms with E-state index in [2.05, 4.69) is 15.8 Å². The van der Waals surface area contributed by atoms with Gasteiger partial charge in [0, 0.05) is 12.6 Å². The number of hydrogen-bond donors (Lipinski definition) is 2. The zero-order valence-corrected chi connectivity index (χ0v) is 11.7. The van der Waals surface area contributed by atoms with Crippen LogP contribution in [0.2, 0.25) is 0 Å². The van der Waals surface area contributed by atoms with Crippen molar-refractivity contribution in [2.45, 2.75) is 26.3 Å². The molecule has 1 aliphatic rings. The second-order valence-corrected chi connectivity index (χ2v) is 5.15. The molecule has 0 saturated heterocycles. The van der Waals surface area contributed by atoms with Crippen LogP contribution in [-0.4, -0.2) is 17.6 Å². The lowest BCUT2D eigenvalue weighted by Crippen LogP contribution is -2.25. The van der Waals surface area contributed by atoms with Gasteiger partial charge in [0.1, 0.15) is 11.6 Å². The van der Waals surface area contributed by atoms with E-state index in [4.69, 9.17) is 4.52 Å². The van der Waals surface area contributed by atoms with Gasteiger partial charge in [-0.05, 0) is 37.1 Å². The molecule has 0 fully saturated rings. The third-order valence-corrected chi connectivity index (χ3v) is 3.50. The number of rotatable bonds is 3. The Kier molecular flexibility index (Phi) is 3.70. The molecular formula is C15H16FN3O2. The van der Waals surface area contributed by atoms with Crippen LogP contribution in [0.25, 0.3) is 0 Å². The summed E-state index contributed by atoms with van der Waals surface area (Å²) in [6, 6.07) is 5.14. The monoisotopic (exact) mass is 289 g/mol. The first-order valence-electron chi connectivity index (χ1n) is 6.86. The summed E-state index contributed by atoms with van der Waals surface area (Å²) in [4.78, 5) is 11.9. The molecule has 1 aliphatic heterocycles. The first kappa shape index (κ1) is 13.8. The minimum Gasteiger partial charge on any atom is -0.361 e. The van der Waals surface area contributed by atoms with Crippen LogP contribution in [-0.2, 0) is 24.2 Å². The third kappa shape index (κ3) is 2.95. The summed E-state index contributed by atoms with van der Waals surface area (Å²) < 4.78 is 19.3. The molecule has 2 aromatic rings. The van der Waals surface area contributed by atoms with E-state index < -0.39 is 0 Å². The number of fused-ring (bicyclic) bond motifs is 1. The van der Waals surface area contributed by atoms with E-state index >= 15 is 0 Å². The molecule has 0 bridgehead atoms. The summed E-state index contributed by atoms with van der Waals surface area (Å²) in [7, 11) is 0. The number of aromatic nitrogens is 1. The fourth-order valence-corrected chi connectivity index (χ4v) is 2.49. The van der Waals surface area contributed by atoms with Crippen LogP contribution >= 0.6 is 0 Å². The molecule has 110 valence electrons. The first-order chi connectivity index (χ1) is 10.1. The number of amides is 1. The highest BCUT2D eigenvalue weighted by molar-refractivity contribution is 5.92. The van der Waals surface area contributed by atoms with Crippen LogP contribution in [0, 0.1) is 12.7 Å². The second kappa shape index (κ2) is 5.65. The van der Waals surface area contributed by atoms with E-state index in [0.29, 0.717) is 30.0 Å². The van der Waals surface area contributed by atoms with Gasteiger partial charge in [0.2, 0.25) is 5.91 Å². The average molecular weight is 289 g/mol. The molecule has 21 heavy (non-hydrogen) atoms. The molecule has 0 spiro atoms. The number of nitrogens with one attached hydrogen (secondary N) is 2. The summed E-state index contributed by atoms with van der Waals surface area (Å²) in [5.74, 6) is 0.0000270. The van der Waals surface area contributed by atoms with Crippen molar-refractivity contribution in [3.8, 4) is 0 Å². The van der Waals surface area contributed by atoms with Crippen molar-refractivity contribution in [1.29, 1.82) is 0 Å². The Bertz CT molecular complexity index is 682. The lowest BCUT2D eigenvalue weighted by Gasteiger charge is -2.19. The minimum absolute atomic E-state index is 0.0649. The lowest BCUT2D eigenvalue weighted by atomic mass is 9.99. The predicted octanol–water partition coefficient (Wildman–Crippen LogP) is 1.95. The highest BCUT2D eigenvalue weighted by atomic mass is 19.1. The summed E-state index contributed by atoms with van der Waals surface area (Å²) in [5.41, 5.74) is 2.39. The van der Waals surface area contributed by atoms with E-state index in [9.17, 15) is 9.18 Å². The van der Waals surface area contributed by atoms with Gasteiger partial charge in [0.25, 0.3) is 0 Å². The molecule has 0 saturated carbocycles. The lowest BCUT2D eigenvalue weighted by molar-refractivity contribution is -0.115. The van der Waals surface area contributed by atoms with Crippen LogP contribution < -0.4 is 10.6 Å². The molecular weight excluding hydrogens is 273 g/mol. The Labute approximate surface area is 121 Å². The minimum atomic E-state index is -0.335. The van der Waals surface area contributed by atoms with Crippen LogP contribution in [0.15, 0.2) is 22.7 Å². The van der Waals surface area contributed by atoms with Gasteiger partial charge in [0.15, 0.2) is 0 Å². The first-order valence-corrected chi connectivity index (χ1v) is 6.86. The third-order valence-electron chi connectivity index (χ3n) is 3.50. The van der Waals surface area contributed by atoms with E-state index in [1.54, 1.807) is 19.1 Å². The van der Waals surface area contributed by atoms with Crippen molar-refractivity contribution in [1.82, 2.24) is 10.5 Å².